The topological polar surface area (TPSA) is 29.3 Å². The third-order valence-electron chi connectivity index (χ3n) is 2.55. The van der Waals surface area contributed by atoms with Crippen molar-refractivity contribution < 1.29 is 0 Å². The Morgan fingerprint density at radius 3 is 2.57 bits per heavy atom. The summed E-state index contributed by atoms with van der Waals surface area (Å²) in [6, 6.07) is 4.24. The summed E-state index contributed by atoms with van der Waals surface area (Å²) in [5.74, 6) is 0. The molecule has 1 rings (SSSR count). The van der Waals surface area contributed by atoms with Crippen molar-refractivity contribution >= 4 is 27.3 Å². The highest BCUT2D eigenvalue weighted by Gasteiger charge is 2.21. The summed E-state index contributed by atoms with van der Waals surface area (Å²) in [6.07, 6.45) is 0. The molecule has 0 saturated heterocycles. The highest BCUT2D eigenvalue weighted by molar-refractivity contribution is 9.11. The number of thiophene rings is 1. The Morgan fingerprint density at radius 2 is 2.14 bits per heavy atom. The first-order valence-electron chi connectivity index (χ1n) is 4.61. The van der Waals surface area contributed by atoms with E-state index in [1.807, 2.05) is 0 Å². The molecule has 2 nitrogen and oxygen atoms in total. The molecule has 0 saturated carbocycles. The molecule has 0 bridgehead atoms. The minimum absolute atomic E-state index is 0.0659. The van der Waals surface area contributed by atoms with Crippen molar-refractivity contribution in [1.29, 1.82) is 0 Å². The van der Waals surface area contributed by atoms with E-state index in [1.165, 1.54) is 8.66 Å². The molecule has 1 aromatic rings. The van der Waals surface area contributed by atoms with Gasteiger partial charge >= 0.3 is 0 Å². The van der Waals surface area contributed by atoms with Crippen LogP contribution in [0.25, 0.3) is 0 Å². The van der Waals surface area contributed by atoms with Crippen LogP contribution in [0, 0.1) is 0 Å². The molecule has 2 N–H and O–H groups in total. The van der Waals surface area contributed by atoms with Crippen molar-refractivity contribution in [3.8, 4) is 0 Å². The minimum atomic E-state index is 0.0659. The monoisotopic (exact) mass is 276 g/mol. The van der Waals surface area contributed by atoms with E-state index in [4.69, 9.17) is 5.73 Å². The summed E-state index contributed by atoms with van der Waals surface area (Å²) >= 11 is 5.24. The molecular formula is C10H17BrN2S. The Balaban J connectivity index is 2.61. The van der Waals surface area contributed by atoms with Gasteiger partial charge in [0.25, 0.3) is 0 Å². The molecule has 0 fully saturated rings. The van der Waals surface area contributed by atoms with E-state index in [-0.39, 0.29) is 5.54 Å². The minimum Gasteiger partial charge on any atom is -0.329 e. The van der Waals surface area contributed by atoms with Crippen molar-refractivity contribution in [3.63, 3.8) is 0 Å². The van der Waals surface area contributed by atoms with Gasteiger partial charge in [-0.3, -0.25) is 4.90 Å². The van der Waals surface area contributed by atoms with Gasteiger partial charge in [-0.1, -0.05) is 0 Å². The zero-order valence-corrected chi connectivity index (χ0v) is 11.3. The van der Waals surface area contributed by atoms with E-state index in [1.54, 1.807) is 11.3 Å². The van der Waals surface area contributed by atoms with Gasteiger partial charge in [-0.25, -0.2) is 0 Å². The lowest BCUT2D eigenvalue weighted by Gasteiger charge is -2.34. The molecule has 0 aliphatic rings. The van der Waals surface area contributed by atoms with Gasteiger partial charge in [0.1, 0.15) is 0 Å². The highest BCUT2D eigenvalue weighted by atomic mass is 79.9. The van der Waals surface area contributed by atoms with Gasteiger partial charge in [-0.15, -0.1) is 11.3 Å². The number of hydrogen-bond donors (Lipinski definition) is 1. The Bertz CT molecular complexity index is 296. The van der Waals surface area contributed by atoms with Crippen LogP contribution in [0.3, 0.4) is 0 Å². The SMILES string of the molecule is CN(Cc1ccc(Br)s1)C(C)(C)CN. The van der Waals surface area contributed by atoms with E-state index in [2.05, 4.69) is 53.9 Å². The first kappa shape index (κ1) is 12.2. The van der Waals surface area contributed by atoms with Crippen molar-refractivity contribution in [2.75, 3.05) is 13.6 Å². The van der Waals surface area contributed by atoms with Gasteiger partial charge in [-0.2, -0.15) is 0 Å². The number of hydrogen-bond acceptors (Lipinski definition) is 3. The van der Waals surface area contributed by atoms with Crippen LogP contribution in [0.1, 0.15) is 18.7 Å². The fraction of sp³-hybridized carbons (Fsp3) is 0.600. The number of rotatable bonds is 4. The van der Waals surface area contributed by atoms with Crippen LogP contribution in [-0.4, -0.2) is 24.0 Å². The van der Waals surface area contributed by atoms with E-state index >= 15 is 0 Å². The first-order chi connectivity index (χ1) is 6.45. The van der Waals surface area contributed by atoms with E-state index in [0.717, 1.165) is 6.54 Å². The van der Waals surface area contributed by atoms with E-state index in [0.29, 0.717) is 6.54 Å². The Labute approximate surface area is 98.2 Å². The smallest absolute Gasteiger partial charge is 0.0701 e. The summed E-state index contributed by atoms with van der Waals surface area (Å²) in [6.45, 7) is 5.96. The molecule has 0 amide bonds. The molecule has 4 heteroatoms. The second kappa shape index (κ2) is 4.75. The number of likely N-dealkylation sites (N-methyl/N-ethyl adjacent to an activating group) is 1. The van der Waals surface area contributed by atoms with Crippen molar-refractivity contribution in [2.45, 2.75) is 25.9 Å². The largest absolute Gasteiger partial charge is 0.329 e. The van der Waals surface area contributed by atoms with Crippen molar-refractivity contribution in [2.24, 2.45) is 5.73 Å². The standard InChI is InChI=1S/C10H17BrN2S/c1-10(2,7-12)13(3)6-8-4-5-9(11)14-8/h4-5H,6-7,12H2,1-3H3. The van der Waals surface area contributed by atoms with Gasteiger partial charge < -0.3 is 5.73 Å². The second-order valence-corrected chi connectivity index (χ2v) is 6.63. The molecule has 0 unspecified atom stereocenters. The average molecular weight is 277 g/mol. The van der Waals surface area contributed by atoms with Gasteiger partial charge in [0.15, 0.2) is 0 Å². The molecule has 0 aliphatic heterocycles. The van der Waals surface area contributed by atoms with Gasteiger partial charge in [-0.05, 0) is 49.0 Å². The van der Waals surface area contributed by atoms with E-state index < -0.39 is 0 Å². The number of nitrogens with zero attached hydrogens (tertiary/aromatic N) is 1. The molecule has 0 aromatic carbocycles. The first-order valence-corrected chi connectivity index (χ1v) is 6.22. The molecular weight excluding hydrogens is 260 g/mol. The van der Waals surface area contributed by atoms with Gasteiger partial charge in [0, 0.05) is 23.5 Å². The lowest BCUT2D eigenvalue weighted by Crippen LogP contribution is -2.46. The molecule has 14 heavy (non-hydrogen) atoms. The third kappa shape index (κ3) is 3.05. The molecule has 0 spiro atoms. The summed E-state index contributed by atoms with van der Waals surface area (Å²) in [4.78, 5) is 3.64. The van der Waals surface area contributed by atoms with Crippen LogP contribution < -0.4 is 5.73 Å². The molecule has 1 heterocycles. The fourth-order valence-electron chi connectivity index (χ4n) is 1.04. The highest BCUT2D eigenvalue weighted by Crippen LogP contribution is 2.24. The Hall–Kier alpha value is 0.1000. The molecule has 0 radical (unpaired) electrons. The van der Waals surface area contributed by atoms with Crippen LogP contribution in [0.5, 0.6) is 0 Å². The predicted molar refractivity (Wildman–Crippen MR) is 66.6 cm³/mol. The Kier molecular flexibility index (Phi) is 4.13. The summed E-state index contributed by atoms with van der Waals surface area (Å²) in [5.41, 5.74) is 5.78. The van der Waals surface area contributed by atoms with Crippen LogP contribution in [0.2, 0.25) is 0 Å². The summed E-state index contributed by atoms with van der Waals surface area (Å²) in [5, 5.41) is 0. The van der Waals surface area contributed by atoms with Crippen LogP contribution in [0.15, 0.2) is 15.9 Å². The molecule has 0 atom stereocenters. The summed E-state index contributed by atoms with van der Waals surface area (Å²) < 4.78 is 1.19. The van der Waals surface area contributed by atoms with Crippen LogP contribution in [-0.2, 0) is 6.54 Å². The lowest BCUT2D eigenvalue weighted by atomic mass is 10.0. The molecule has 80 valence electrons. The third-order valence-corrected chi connectivity index (χ3v) is 4.16. The second-order valence-electron chi connectivity index (χ2n) is 4.08. The zero-order valence-electron chi connectivity index (χ0n) is 8.88. The molecule has 0 aliphatic carbocycles. The maximum atomic E-state index is 5.72. The number of nitrogens with two attached hydrogens (primary N) is 1. The molecule has 1 aromatic heterocycles. The predicted octanol–water partition coefficient (Wildman–Crippen LogP) is 2.68. The van der Waals surface area contributed by atoms with Gasteiger partial charge in [0.05, 0.1) is 3.79 Å². The lowest BCUT2D eigenvalue weighted by molar-refractivity contribution is 0.157. The van der Waals surface area contributed by atoms with Crippen LogP contribution >= 0.6 is 27.3 Å². The normalized spacial score (nSPS) is 12.4. The maximum absolute atomic E-state index is 5.72. The quantitative estimate of drug-likeness (QED) is 0.916. The van der Waals surface area contributed by atoms with Crippen molar-refractivity contribution in [1.82, 2.24) is 4.90 Å². The maximum Gasteiger partial charge on any atom is 0.0701 e. The van der Waals surface area contributed by atoms with Gasteiger partial charge in [0.2, 0.25) is 0 Å². The number of halogens is 1. The summed E-state index contributed by atoms with van der Waals surface area (Å²) in [7, 11) is 2.11. The Morgan fingerprint density at radius 1 is 1.50 bits per heavy atom. The van der Waals surface area contributed by atoms with E-state index in [9.17, 15) is 0 Å². The van der Waals surface area contributed by atoms with Crippen molar-refractivity contribution in [3.05, 3.63) is 20.8 Å². The fourth-order valence-corrected chi connectivity index (χ4v) is 2.58. The zero-order chi connectivity index (χ0) is 10.8. The average Bonchev–Trinajstić information content (AvgIpc) is 2.51. The van der Waals surface area contributed by atoms with Crippen LogP contribution in [0.4, 0.5) is 0 Å².